The molecular formula is C23H27N5O3S2. The molecule has 3 N–H and O–H groups in total. The second-order valence-electron chi connectivity index (χ2n) is 6.85. The molecule has 0 saturated carbocycles. The normalized spacial score (nSPS) is 9.91. The summed E-state index contributed by atoms with van der Waals surface area (Å²) in [5.74, 6) is -1.28. The second kappa shape index (κ2) is 13.3. The third-order valence-corrected chi connectivity index (χ3v) is 5.39. The average molecular weight is 486 g/mol. The van der Waals surface area contributed by atoms with Crippen molar-refractivity contribution in [3.63, 3.8) is 0 Å². The van der Waals surface area contributed by atoms with Gasteiger partial charge >= 0.3 is 0 Å². The molecule has 2 rings (SSSR count). The fourth-order valence-electron chi connectivity index (χ4n) is 2.64. The summed E-state index contributed by atoms with van der Waals surface area (Å²) in [6, 6.07) is 18.5. The maximum Gasteiger partial charge on any atom is 0.276 e. The zero-order valence-electron chi connectivity index (χ0n) is 18.7. The van der Waals surface area contributed by atoms with E-state index >= 15 is 0 Å². The van der Waals surface area contributed by atoms with Crippen LogP contribution in [-0.4, -0.2) is 66.2 Å². The number of rotatable bonds is 8. The molecule has 0 aliphatic carbocycles. The molecule has 0 saturated heterocycles. The van der Waals surface area contributed by atoms with Crippen LogP contribution in [0.2, 0.25) is 0 Å². The van der Waals surface area contributed by atoms with Crippen molar-refractivity contribution < 1.29 is 14.3 Å². The summed E-state index contributed by atoms with van der Waals surface area (Å²) >= 11 is 10.9. The summed E-state index contributed by atoms with van der Waals surface area (Å²) in [4.78, 5) is 26.7. The number of carbonyl (C=O) groups excluding carboxylic acids is 2. The van der Waals surface area contributed by atoms with Gasteiger partial charge in [0.25, 0.3) is 11.8 Å². The first kappa shape index (κ1) is 25.9. The van der Waals surface area contributed by atoms with Crippen LogP contribution in [0.5, 0.6) is 0 Å². The first-order valence-electron chi connectivity index (χ1n) is 10.1. The number of hydrogen-bond acceptors (Lipinski definition) is 6. The molecule has 0 bridgehead atoms. The van der Waals surface area contributed by atoms with Gasteiger partial charge < -0.3 is 10.1 Å². The van der Waals surface area contributed by atoms with Gasteiger partial charge in [-0.2, -0.15) is 0 Å². The van der Waals surface area contributed by atoms with E-state index < -0.39 is 11.8 Å². The van der Waals surface area contributed by atoms with E-state index in [9.17, 15) is 9.59 Å². The van der Waals surface area contributed by atoms with Crippen LogP contribution >= 0.6 is 24.4 Å². The van der Waals surface area contributed by atoms with Gasteiger partial charge in [0.1, 0.15) is 15.6 Å². The van der Waals surface area contributed by atoms with E-state index in [1.165, 1.54) is 16.2 Å². The van der Waals surface area contributed by atoms with Crippen LogP contribution in [0.15, 0.2) is 72.4 Å². The second-order valence-corrected chi connectivity index (χ2v) is 7.62. The number of nitrogens with zero attached hydrogens (tertiary/aromatic N) is 2. The van der Waals surface area contributed by atoms with Gasteiger partial charge in [0.05, 0.1) is 6.61 Å². The van der Waals surface area contributed by atoms with Crippen LogP contribution in [0.25, 0.3) is 0 Å². The van der Waals surface area contributed by atoms with Crippen molar-refractivity contribution in [1.29, 1.82) is 0 Å². The quantitative estimate of drug-likeness (QED) is 0.130. The molecule has 174 valence electrons. The Kier molecular flexibility index (Phi) is 10.4. The Morgan fingerprint density at radius 1 is 0.848 bits per heavy atom. The fraction of sp³-hybridized carbons (Fsp3) is 0.217. The summed E-state index contributed by atoms with van der Waals surface area (Å²) in [5.41, 5.74) is 6.64. The number of nitrogens with one attached hydrogen (secondary N) is 3. The van der Waals surface area contributed by atoms with Gasteiger partial charge in [0, 0.05) is 45.1 Å². The summed E-state index contributed by atoms with van der Waals surface area (Å²) in [7, 11) is 4.78. The molecule has 2 aromatic carbocycles. The third kappa shape index (κ3) is 7.94. The molecule has 2 aromatic rings. The highest BCUT2D eigenvalue weighted by molar-refractivity contribution is 7.80. The number of carbonyl (C=O) groups is 2. The lowest BCUT2D eigenvalue weighted by Gasteiger charge is -2.24. The zero-order valence-corrected chi connectivity index (χ0v) is 20.3. The lowest BCUT2D eigenvalue weighted by atomic mass is 10.2. The average Bonchev–Trinajstić information content (AvgIpc) is 2.83. The van der Waals surface area contributed by atoms with E-state index in [0.717, 1.165) is 11.1 Å². The van der Waals surface area contributed by atoms with E-state index in [4.69, 9.17) is 29.2 Å². The topological polar surface area (TPSA) is 85.9 Å². The van der Waals surface area contributed by atoms with Gasteiger partial charge in [-0.3, -0.25) is 30.5 Å². The molecule has 2 amide bonds. The van der Waals surface area contributed by atoms with Gasteiger partial charge in [-0.15, -0.1) is 0 Å². The highest BCUT2D eigenvalue weighted by Crippen LogP contribution is 2.06. The highest BCUT2D eigenvalue weighted by Gasteiger charge is 2.22. The van der Waals surface area contributed by atoms with Crippen molar-refractivity contribution in [3.05, 3.63) is 83.6 Å². The molecule has 0 heterocycles. The smallest absolute Gasteiger partial charge is 0.276 e. The van der Waals surface area contributed by atoms with Gasteiger partial charge in [-0.05, 0) is 0 Å². The Labute approximate surface area is 204 Å². The fourth-order valence-corrected chi connectivity index (χ4v) is 3.01. The van der Waals surface area contributed by atoms with Crippen molar-refractivity contribution in [2.24, 2.45) is 0 Å². The Balaban J connectivity index is 2.12. The Bertz CT molecular complexity index is 926. The van der Waals surface area contributed by atoms with E-state index in [0.29, 0.717) is 23.1 Å². The Hall–Kier alpha value is -3.34. The van der Waals surface area contributed by atoms with Crippen molar-refractivity contribution >= 4 is 46.2 Å². The molecule has 0 spiro atoms. The maximum absolute atomic E-state index is 13.0. The van der Waals surface area contributed by atoms with Crippen LogP contribution in [0, 0.1) is 0 Å². The lowest BCUT2D eigenvalue weighted by Crippen LogP contribution is -2.49. The largest absolute Gasteiger partial charge is 0.388 e. The standard InChI is InChI=1S/C23H27N5O3S2/c1-27(22(32)17-10-6-4-7-11-17)25-20(29)19(16-24-14-15-31-3)21(30)26-28(2)23(33)18-12-8-5-9-13-18/h4-13,16,24H,14-15H2,1-3H3,(H,25,29)(H,26,30). The number of amides is 2. The van der Waals surface area contributed by atoms with E-state index in [1.807, 2.05) is 60.7 Å². The predicted octanol–water partition coefficient (Wildman–Crippen LogP) is 1.78. The number of benzene rings is 2. The van der Waals surface area contributed by atoms with Crippen LogP contribution in [0.3, 0.4) is 0 Å². The Morgan fingerprint density at radius 2 is 1.27 bits per heavy atom. The predicted molar refractivity (Wildman–Crippen MR) is 136 cm³/mol. The van der Waals surface area contributed by atoms with Crippen LogP contribution in [-0.2, 0) is 14.3 Å². The van der Waals surface area contributed by atoms with E-state index in [1.54, 1.807) is 21.2 Å². The zero-order chi connectivity index (χ0) is 24.2. The van der Waals surface area contributed by atoms with Gasteiger partial charge in [-0.1, -0.05) is 85.1 Å². The number of thiocarbonyl (C=S) groups is 2. The molecule has 0 radical (unpaired) electrons. The molecule has 0 aliphatic rings. The number of hydrazine groups is 2. The molecule has 0 aliphatic heterocycles. The minimum atomic E-state index is -0.641. The van der Waals surface area contributed by atoms with Gasteiger partial charge in [0.15, 0.2) is 0 Å². The van der Waals surface area contributed by atoms with Crippen molar-refractivity contribution in [3.8, 4) is 0 Å². The molecule has 10 heteroatoms. The molecule has 0 atom stereocenters. The minimum Gasteiger partial charge on any atom is -0.388 e. The summed E-state index contributed by atoms with van der Waals surface area (Å²) < 4.78 is 4.99. The van der Waals surface area contributed by atoms with Crippen molar-refractivity contribution in [1.82, 2.24) is 26.2 Å². The molecule has 0 fully saturated rings. The highest BCUT2D eigenvalue weighted by atomic mass is 32.1. The summed E-state index contributed by atoms with van der Waals surface area (Å²) in [5, 5.41) is 5.69. The van der Waals surface area contributed by atoms with Crippen molar-refractivity contribution in [2.75, 3.05) is 34.4 Å². The first-order chi connectivity index (χ1) is 15.8. The molecule has 8 nitrogen and oxygen atoms in total. The summed E-state index contributed by atoms with van der Waals surface area (Å²) in [6.45, 7) is 0.820. The summed E-state index contributed by atoms with van der Waals surface area (Å²) in [6.07, 6.45) is 1.34. The van der Waals surface area contributed by atoms with Crippen LogP contribution < -0.4 is 16.2 Å². The molecule has 0 aromatic heterocycles. The van der Waals surface area contributed by atoms with Crippen LogP contribution in [0.1, 0.15) is 11.1 Å². The van der Waals surface area contributed by atoms with Gasteiger partial charge in [-0.25, -0.2) is 0 Å². The maximum atomic E-state index is 13.0. The number of methoxy groups -OCH3 is 1. The molecule has 0 unspecified atom stereocenters. The first-order valence-corrected chi connectivity index (χ1v) is 10.9. The lowest BCUT2D eigenvalue weighted by molar-refractivity contribution is -0.126. The Morgan fingerprint density at radius 3 is 1.67 bits per heavy atom. The number of ether oxygens (including phenoxy) is 1. The third-order valence-electron chi connectivity index (χ3n) is 4.38. The molecule has 33 heavy (non-hydrogen) atoms. The SMILES string of the molecule is COCCNC=C(C(=O)NN(C)C(=S)c1ccccc1)C(=O)NN(C)C(=S)c1ccccc1. The molecular weight excluding hydrogens is 458 g/mol. The van der Waals surface area contributed by atoms with Gasteiger partial charge in [0.2, 0.25) is 0 Å². The van der Waals surface area contributed by atoms with Crippen molar-refractivity contribution in [2.45, 2.75) is 0 Å². The number of hydrogen-bond donors (Lipinski definition) is 3. The monoisotopic (exact) mass is 485 g/mol. The van der Waals surface area contributed by atoms with E-state index in [-0.39, 0.29) is 5.57 Å². The van der Waals surface area contributed by atoms with E-state index in [2.05, 4.69) is 16.2 Å². The van der Waals surface area contributed by atoms with Crippen LogP contribution in [0.4, 0.5) is 0 Å². The minimum absolute atomic E-state index is 0.156.